The molecule has 0 aromatic heterocycles. The number of non-ortho nitro benzene ring substituents is 1. The van der Waals surface area contributed by atoms with E-state index in [1.54, 1.807) is 17.0 Å². The third-order valence-corrected chi connectivity index (χ3v) is 3.70. The van der Waals surface area contributed by atoms with Gasteiger partial charge in [-0.3, -0.25) is 14.9 Å². The highest BCUT2D eigenvalue weighted by molar-refractivity contribution is 5.85. The molecule has 2 aromatic carbocycles. The second kappa shape index (κ2) is 10.4. The van der Waals surface area contributed by atoms with Crippen LogP contribution in [0.3, 0.4) is 0 Å². The van der Waals surface area contributed by atoms with E-state index in [1.165, 1.54) is 12.1 Å². The summed E-state index contributed by atoms with van der Waals surface area (Å²) in [5, 5.41) is 10.7. The molecule has 0 aliphatic carbocycles. The molecular formula is C18H22ClN3O3. The average Bonchev–Trinajstić information content (AvgIpc) is 2.60. The molecule has 2 aromatic rings. The standard InChI is InChI=1S/C18H21N3O3.ClH/c19-11-4-12-20(14-16-5-2-1-3-6-16)18(22)13-15-7-9-17(10-8-15)21(23)24;/h1-3,5-10H,4,11-14,19H2;1H. The Hall–Kier alpha value is -2.44. The van der Waals surface area contributed by atoms with Crippen LogP contribution in [0.15, 0.2) is 54.6 Å². The Kier molecular flexibility index (Phi) is 8.60. The first-order valence-electron chi connectivity index (χ1n) is 7.85. The van der Waals surface area contributed by atoms with Gasteiger partial charge in [0.25, 0.3) is 5.69 Å². The van der Waals surface area contributed by atoms with Crippen molar-refractivity contribution in [3.05, 3.63) is 75.8 Å². The lowest BCUT2D eigenvalue weighted by atomic mass is 10.1. The van der Waals surface area contributed by atoms with Gasteiger partial charge in [-0.2, -0.15) is 0 Å². The molecular weight excluding hydrogens is 342 g/mol. The summed E-state index contributed by atoms with van der Waals surface area (Å²) in [4.78, 5) is 24.6. The highest BCUT2D eigenvalue weighted by Crippen LogP contribution is 2.14. The molecule has 2 N–H and O–H groups in total. The number of halogens is 1. The summed E-state index contributed by atoms with van der Waals surface area (Å²) in [6.45, 7) is 1.65. The molecule has 134 valence electrons. The van der Waals surface area contributed by atoms with Gasteiger partial charge in [-0.15, -0.1) is 12.4 Å². The van der Waals surface area contributed by atoms with Crippen molar-refractivity contribution >= 4 is 24.0 Å². The van der Waals surface area contributed by atoms with Crippen LogP contribution in [-0.4, -0.2) is 28.8 Å². The van der Waals surface area contributed by atoms with Gasteiger partial charge in [0.15, 0.2) is 0 Å². The van der Waals surface area contributed by atoms with Crippen LogP contribution >= 0.6 is 12.4 Å². The van der Waals surface area contributed by atoms with Crippen LogP contribution in [0, 0.1) is 10.1 Å². The maximum Gasteiger partial charge on any atom is 0.269 e. The lowest BCUT2D eigenvalue weighted by Gasteiger charge is -2.23. The maximum absolute atomic E-state index is 12.6. The molecule has 0 unspecified atom stereocenters. The van der Waals surface area contributed by atoms with E-state index in [4.69, 9.17) is 5.73 Å². The highest BCUT2D eigenvalue weighted by atomic mass is 35.5. The lowest BCUT2D eigenvalue weighted by Crippen LogP contribution is -2.33. The zero-order valence-corrected chi connectivity index (χ0v) is 14.7. The van der Waals surface area contributed by atoms with Crippen molar-refractivity contribution in [2.24, 2.45) is 5.73 Å². The number of nitrogens with zero attached hydrogens (tertiary/aromatic N) is 2. The Morgan fingerprint density at radius 1 is 1.04 bits per heavy atom. The van der Waals surface area contributed by atoms with Gasteiger partial charge in [-0.1, -0.05) is 42.5 Å². The second-order valence-electron chi connectivity index (χ2n) is 5.54. The summed E-state index contributed by atoms with van der Waals surface area (Å²) in [5.74, 6) is -0.0128. The second-order valence-corrected chi connectivity index (χ2v) is 5.54. The predicted octanol–water partition coefficient (Wildman–Crippen LogP) is 2.94. The maximum atomic E-state index is 12.6. The van der Waals surface area contributed by atoms with Gasteiger partial charge in [0, 0.05) is 25.2 Å². The number of carbonyl (C=O) groups is 1. The summed E-state index contributed by atoms with van der Waals surface area (Å²) in [6.07, 6.45) is 0.953. The summed E-state index contributed by atoms with van der Waals surface area (Å²) in [6, 6.07) is 15.9. The van der Waals surface area contributed by atoms with E-state index in [9.17, 15) is 14.9 Å². The molecule has 0 bridgehead atoms. The highest BCUT2D eigenvalue weighted by Gasteiger charge is 2.15. The zero-order chi connectivity index (χ0) is 17.4. The largest absolute Gasteiger partial charge is 0.338 e. The van der Waals surface area contributed by atoms with Gasteiger partial charge in [0.2, 0.25) is 5.91 Å². The zero-order valence-electron chi connectivity index (χ0n) is 13.8. The fourth-order valence-electron chi connectivity index (χ4n) is 2.40. The number of nitro benzene ring substituents is 1. The van der Waals surface area contributed by atoms with E-state index >= 15 is 0 Å². The van der Waals surface area contributed by atoms with Gasteiger partial charge < -0.3 is 10.6 Å². The Balaban J connectivity index is 0.00000312. The van der Waals surface area contributed by atoms with Crippen molar-refractivity contribution in [3.8, 4) is 0 Å². The summed E-state index contributed by atoms with van der Waals surface area (Å²) in [5.41, 5.74) is 7.41. The van der Waals surface area contributed by atoms with Crippen molar-refractivity contribution in [2.45, 2.75) is 19.4 Å². The summed E-state index contributed by atoms with van der Waals surface area (Å²) >= 11 is 0. The smallest absolute Gasteiger partial charge is 0.269 e. The molecule has 0 atom stereocenters. The quantitative estimate of drug-likeness (QED) is 0.576. The Morgan fingerprint density at radius 3 is 2.24 bits per heavy atom. The van der Waals surface area contributed by atoms with E-state index in [0.29, 0.717) is 19.6 Å². The SMILES string of the molecule is Cl.NCCCN(Cc1ccccc1)C(=O)Cc1ccc([N+](=O)[O-])cc1. The molecule has 0 fully saturated rings. The van der Waals surface area contributed by atoms with Crippen LogP contribution in [0.25, 0.3) is 0 Å². The van der Waals surface area contributed by atoms with Crippen LogP contribution in [0.1, 0.15) is 17.5 Å². The average molecular weight is 364 g/mol. The van der Waals surface area contributed by atoms with Gasteiger partial charge in [0.1, 0.15) is 0 Å². The van der Waals surface area contributed by atoms with Crippen LogP contribution in [0.4, 0.5) is 5.69 Å². The number of carbonyl (C=O) groups excluding carboxylic acids is 1. The molecule has 0 saturated carbocycles. The minimum Gasteiger partial charge on any atom is -0.338 e. The molecule has 0 heterocycles. The number of hydrogen-bond donors (Lipinski definition) is 1. The fourth-order valence-corrected chi connectivity index (χ4v) is 2.40. The number of hydrogen-bond acceptors (Lipinski definition) is 4. The molecule has 0 aliphatic rings. The number of amides is 1. The Bertz CT molecular complexity index is 678. The van der Waals surface area contributed by atoms with Crippen molar-refractivity contribution in [1.82, 2.24) is 4.90 Å². The van der Waals surface area contributed by atoms with Crippen molar-refractivity contribution in [2.75, 3.05) is 13.1 Å². The van der Waals surface area contributed by atoms with Crippen LogP contribution in [0.5, 0.6) is 0 Å². The van der Waals surface area contributed by atoms with Gasteiger partial charge in [-0.05, 0) is 24.1 Å². The van der Waals surface area contributed by atoms with Gasteiger partial charge in [0.05, 0.1) is 11.3 Å². The minimum absolute atomic E-state index is 0. The first-order valence-corrected chi connectivity index (χ1v) is 7.85. The predicted molar refractivity (Wildman–Crippen MR) is 99.6 cm³/mol. The van der Waals surface area contributed by atoms with E-state index in [1.807, 2.05) is 30.3 Å². The molecule has 1 amide bonds. The Morgan fingerprint density at radius 2 is 1.68 bits per heavy atom. The fraction of sp³-hybridized carbons (Fsp3) is 0.278. The normalized spacial score (nSPS) is 9.96. The molecule has 7 heteroatoms. The first-order chi connectivity index (χ1) is 11.6. The van der Waals surface area contributed by atoms with Crippen LogP contribution in [-0.2, 0) is 17.8 Å². The van der Waals surface area contributed by atoms with Crippen LogP contribution in [0.2, 0.25) is 0 Å². The van der Waals surface area contributed by atoms with Gasteiger partial charge in [-0.25, -0.2) is 0 Å². The first kappa shape index (κ1) is 20.6. The van der Waals surface area contributed by atoms with E-state index in [0.717, 1.165) is 17.5 Å². The van der Waals surface area contributed by atoms with Crippen molar-refractivity contribution < 1.29 is 9.72 Å². The lowest BCUT2D eigenvalue weighted by molar-refractivity contribution is -0.384. The molecule has 0 spiro atoms. The molecule has 25 heavy (non-hydrogen) atoms. The summed E-state index contributed by atoms with van der Waals surface area (Å²) < 4.78 is 0. The molecule has 6 nitrogen and oxygen atoms in total. The van der Waals surface area contributed by atoms with Crippen molar-refractivity contribution in [3.63, 3.8) is 0 Å². The molecule has 2 rings (SSSR count). The van der Waals surface area contributed by atoms with E-state index in [2.05, 4.69) is 0 Å². The third kappa shape index (κ3) is 6.52. The van der Waals surface area contributed by atoms with E-state index in [-0.39, 0.29) is 30.4 Å². The number of rotatable bonds is 8. The monoisotopic (exact) mass is 363 g/mol. The van der Waals surface area contributed by atoms with Gasteiger partial charge >= 0.3 is 0 Å². The minimum atomic E-state index is -0.450. The molecule has 0 radical (unpaired) electrons. The summed E-state index contributed by atoms with van der Waals surface area (Å²) in [7, 11) is 0. The number of nitrogens with two attached hydrogens (primary N) is 1. The number of nitro groups is 1. The number of benzene rings is 2. The Labute approximate surface area is 153 Å². The van der Waals surface area contributed by atoms with Crippen LogP contribution < -0.4 is 5.73 Å². The van der Waals surface area contributed by atoms with Crippen molar-refractivity contribution in [1.29, 1.82) is 0 Å². The van der Waals surface area contributed by atoms with E-state index < -0.39 is 4.92 Å². The molecule has 0 saturated heterocycles. The molecule has 0 aliphatic heterocycles. The third-order valence-electron chi connectivity index (χ3n) is 3.70. The topological polar surface area (TPSA) is 89.5 Å².